The van der Waals surface area contributed by atoms with Crippen molar-refractivity contribution in [2.45, 2.75) is 206 Å². The fraction of sp³-hybridized carbons (Fsp3) is 0.625. The Bertz CT molecular complexity index is 2990. The number of nitrogens with one attached hydrogen (secondary N) is 3. The van der Waals surface area contributed by atoms with Gasteiger partial charge in [-0.1, -0.05) is 13.8 Å². The highest BCUT2D eigenvalue weighted by Crippen LogP contribution is 2.39. The fourth-order valence-electron chi connectivity index (χ4n) is 13.4. The number of nitrogens with zero attached hydrogens (tertiary/aromatic N) is 10. The van der Waals surface area contributed by atoms with Crippen LogP contribution in [0.2, 0.25) is 5.28 Å². The van der Waals surface area contributed by atoms with Crippen LogP contribution >= 0.6 is 11.6 Å². The molecule has 87 heavy (non-hydrogen) atoms. The zero-order valence-corrected chi connectivity index (χ0v) is 54.4. The molecule has 476 valence electrons. The molecule has 0 bridgehead atoms. The third kappa shape index (κ3) is 15.8. The van der Waals surface area contributed by atoms with Crippen LogP contribution in [0.25, 0.3) is 0 Å². The zero-order valence-electron chi connectivity index (χ0n) is 53.6. The highest BCUT2D eigenvalue weighted by atomic mass is 35.5. The van der Waals surface area contributed by atoms with Crippen LogP contribution < -0.4 is 50.8 Å². The van der Waals surface area contributed by atoms with E-state index in [1.54, 1.807) is 80.8 Å². The molecular weight excluding hydrogens is 1130 g/mol. The lowest BCUT2D eigenvalue weighted by atomic mass is 9.89. The van der Waals surface area contributed by atoms with Gasteiger partial charge in [-0.25, -0.2) is 9.97 Å². The largest absolute Gasteiger partial charge is 0.495 e. The summed E-state index contributed by atoms with van der Waals surface area (Å²) in [5.41, 5.74) is 9.53. The molecule has 2 aromatic heterocycles. The number of halogens is 1. The molecule has 23 heteroatoms. The van der Waals surface area contributed by atoms with E-state index < -0.39 is 0 Å². The van der Waals surface area contributed by atoms with Crippen molar-refractivity contribution in [2.24, 2.45) is 0 Å². The number of fused-ring (bicyclic) bond motifs is 2. The number of likely N-dealkylation sites (N-methyl/N-ethyl adjacent to an activating group) is 2. The van der Waals surface area contributed by atoms with Crippen LogP contribution in [0.4, 0.5) is 40.3 Å². The van der Waals surface area contributed by atoms with Crippen LogP contribution in [0.5, 0.6) is 11.5 Å². The van der Waals surface area contributed by atoms with Crippen molar-refractivity contribution in [3.8, 4) is 11.5 Å². The van der Waals surface area contributed by atoms with Gasteiger partial charge < -0.3 is 60.2 Å². The second-order valence-electron chi connectivity index (χ2n) is 24.8. The van der Waals surface area contributed by atoms with Gasteiger partial charge in [0, 0.05) is 87.7 Å². The minimum absolute atomic E-state index is 0.0398. The second-order valence-corrected chi connectivity index (χ2v) is 25.1. The standard InChI is InChI=1S/C32H47N7O4.C20H31N3O3.C12H17ClN4O/c1-8-26-31(41)37(6)27-16-33-32(36-29(27)39(26)19(2)3)35-25-14-9-22(15-28(25)42-7)30(40)34-23-10-12-24(13-11-23)38-17-20(4)43-21(5)18-38;1-13-11-23(12-14(2)26-13)17-7-5-16(6-8-17)22-20(24)15-4-9-18(21)19(10-15)25-3;1-5-8-11(18)16(4)9-6-14-12(13)15-10(9)17(8)7(2)3/h9,14-16,19-21,23-24,26H,8,10-13,17-18H2,1-7H3,(H,34,40)(H,33,35,36);4,9-10,13-14,16-17H,5-8,11-12,21H2,1-3H3,(H,22,24);6-8H,5H2,1-4H3/t20-,21+,23?,24?,26-;13-,14+,16?,17?;8-/m1.1/s1. The molecule has 0 unspecified atom stereocenters. The number of methoxy groups -OCH3 is 2. The summed E-state index contributed by atoms with van der Waals surface area (Å²) < 4.78 is 22.6. The van der Waals surface area contributed by atoms with Gasteiger partial charge in [0.1, 0.15) is 35.0 Å². The Labute approximate surface area is 519 Å². The highest BCUT2D eigenvalue weighted by Gasteiger charge is 2.40. The van der Waals surface area contributed by atoms with Gasteiger partial charge in [0.15, 0.2) is 11.6 Å². The smallest absolute Gasteiger partial charge is 0.251 e. The number of ether oxygens (including phenoxy) is 4. The highest BCUT2D eigenvalue weighted by molar-refractivity contribution is 6.28. The average Bonchev–Trinajstić information content (AvgIpc) is 1.12. The molecule has 4 aromatic rings. The first-order valence-electron chi connectivity index (χ1n) is 31.3. The number of nitrogen functional groups attached to an aromatic ring is 1. The average molecular weight is 1220 g/mol. The number of carbonyl (C=O) groups excluding carboxylic acids is 4. The number of morpholine rings is 2. The summed E-state index contributed by atoms with van der Waals surface area (Å²) in [6, 6.07) is 11.9. The number of benzene rings is 2. The van der Waals surface area contributed by atoms with Gasteiger partial charge >= 0.3 is 0 Å². The number of amides is 4. The Kier molecular flexibility index (Phi) is 22.6. The Morgan fingerprint density at radius 1 is 0.632 bits per heavy atom. The van der Waals surface area contributed by atoms with Crippen molar-refractivity contribution in [1.82, 2.24) is 40.4 Å². The number of anilines is 7. The molecule has 2 aromatic carbocycles. The van der Waals surface area contributed by atoms with E-state index >= 15 is 0 Å². The fourth-order valence-corrected chi connectivity index (χ4v) is 13.6. The van der Waals surface area contributed by atoms with Crippen LogP contribution in [-0.4, -0.2) is 181 Å². The van der Waals surface area contributed by atoms with Crippen molar-refractivity contribution in [2.75, 3.05) is 85.1 Å². The summed E-state index contributed by atoms with van der Waals surface area (Å²) in [5, 5.41) is 9.88. The molecule has 4 aliphatic heterocycles. The first-order valence-corrected chi connectivity index (χ1v) is 31.7. The van der Waals surface area contributed by atoms with E-state index in [0.29, 0.717) is 87.9 Å². The van der Waals surface area contributed by atoms with Gasteiger partial charge in [-0.2, -0.15) is 9.97 Å². The maximum atomic E-state index is 13.2. The van der Waals surface area contributed by atoms with E-state index in [9.17, 15) is 19.2 Å². The molecule has 5 N–H and O–H groups in total. The number of aromatic nitrogens is 4. The molecule has 2 aliphatic carbocycles. The van der Waals surface area contributed by atoms with Crippen LogP contribution in [-0.2, 0) is 19.1 Å². The molecular formula is C64H95ClN14O8. The third-order valence-electron chi connectivity index (χ3n) is 17.7. The summed E-state index contributed by atoms with van der Waals surface area (Å²) in [5.74, 6) is 2.85. The predicted molar refractivity (Wildman–Crippen MR) is 343 cm³/mol. The summed E-state index contributed by atoms with van der Waals surface area (Å²) in [6.07, 6.45) is 14.2. The Balaban J connectivity index is 0.000000188. The molecule has 10 rings (SSSR count). The molecule has 2 saturated heterocycles. The number of carbonyl (C=O) groups is 4. The lowest BCUT2D eigenvalue weighted by Crippen LogP contribution is -2.54. The van der Waals surface area contributed by atoms with Gasteiger partial charge in [0.05, 0.1) is 62.4 Å². The SMILES string of the molecule is CC[C@@H]1C(=O)N(C)c2cnc(Cl)nc2N1C(C)C.CC[C@@H]1C(=O)N(C)c2cnc(Nc3ccc(C(=O)NC4CCC(N5C[C@@H](C)O[C@@H](C)C5)CC4)cc3OC)nc2N1C(C)C.COc1cc(C(=O)NC2CCC(N3C[C@@H](C)O[C@@H](C)C3)CC2)ccc1N. The van der Waals surface area contributed by atoms with Gasteiger partial charge in [-0.05, 0) is 168 Å². The molecule has 6 atom stereocenters. The molecule has 0 spiro atoms. The second kappa shape index (κ2) is 29.6. The van der Waals surface area contributed by atoms with Crippen LogP contribution in [0.3, 0.4) is 0 Å². The van der Waals surface area contributed by atoms with Gasteiger partial charge in [0.25, 0.3) is 11.8 Å². The van der Waals surface area contributed by atoms with E-state index in [0.717, 1.165) is 89.8 Å². The van der Waals surface area contributed by atoms with E-state index in [4.69, 9.17) is 41.3 Å². The predicted octanol–water partition coefficient (Wildman–Crippen LogP) is 8.88. The number of nitrogens with two attached hydrogens (primary N) is 1. The van der Waals surface area contributed by atoms with E-state index in [2.05, 4.69) is 87.1 Å². The summed E-state index contributed by atoms with van der Waals surface area (Å²) in [7, 11) is 6.65. The third-order valence-corrected chi connectivity index (χ3v) is 17.9. The van der Waals surface area contributed by atoms with E-state index in [1.165, 1.54) is 0 Å². The lowest BCUT2D eigenvalue weighted by Gasteiger charge is -2.42. The first-order chi connectivity index (χ1) is 41.5. The molecule has 6 heterocycles. The Morgan fingerprint density at radius 2 is 1.05 bits per heavy atom. The Morgan fingerprint density at radius 3 is 1.47 bits per heavy atom. The Hall–Kier alpha value is -6.59. The zero-order chi connectivity index (χ0) is 63.0. The quantitative estimate of drug-likeness (QED) is 0.0681. The van der Waals surface area contributed by atoms with Crippen molar-refractivity contribution >= 4 is 75.6 Å². The summed E-state index contributed by atoms with van der Waals surface area (Å²) >= 11 is 5.87. The molecule has 6 aliphatic rings. The van der Waals surface area contributed by atoms with Crippen LogP contribution in [0.15, 0.2) is 48.8 Å². The topological polar surface area (TPSA) is 238 Å². The number of hydrogen-bond donors (Lipinski definition) is 4. The van der Waals surface area contributed by atoms with Crippen molar-refractivity contribution in [3.63, 3.8) is 0 Å². The molecule has 4 fully saturated rings. The van der Waals surface area contributed by atoms with Crippen molar-refractivity contribution in [3.05, 3.63) is 65.2 Å². The number of rotatable bonds is 14. The summed E-state index contributed by atoms with van der Waals surface area (Å²) in [6.45, 7) is 24.8. The van der Waals surface area contributed by atoms with Crippen molar-refractivity contribution in [1.29, 1.82) is 0 Å². The minimum Gasteiger partial charge on any atom is -0.495 e. The van der Waals surface area contributed by atoms with Crippen LogP contribution in [0.1, 0.15) is 154 Å². The maximum Gasteiger partial charge on any atom is 0.251 e. The maximum absolute atomic E-state index is 13.2. The van der Waals surface area contributed by atoms with Crippen LogP contribution in [0, 0.1) is 0 Å². The monoisotopic (exact) mass is 1220 g/mol. The van der Waals surface area contributed by atoms with Crippen molar-refractivity contribution < 1.29 is 38.1 Å². The molecule has 22 nitrogen and oxygen atoms in total. The molecule has 2 saturated carbocycles. The normalized spacial score (nSPS) is 26.0. The van der Waals surface area contributed by atoms with Gasteiger partial charge in [0.2, 0.25) is 23.0 Å². The summed E-state index contributed by atoms with van der Waals surface area (Å²) in [4.78, 5) is 81.0. The lowest BCUT2D eigenvalue weighted by molar-refractivity contribution is -0.120. The van der Waals surface area contributed by atoms with E-state index in [-0.39, 0.29) is 77.4 Å². The molecule has 0 radical (unpaired) electrons. The van der Waals surface area contributed by atoms with Gasteiger partial charge in [-0.15, -0.1) is 0 Å². The van der Waals surface area contributed by atoms with Gasteiger partial charge in [-0.3, -0.25) is 29.0 Å². The first kappa shape index (κ1) is 66.4. The number of hydrogen-bond acceptors (Lipinski definition) is 18. The van der Waals surface area contributed by atoms with E-state index in [1.807, 2.05) is 38.7 Å². The minimum atomic E-state index is -0.283. The molecule has 4 amide bonds.